The van der Waals surface area contributed by atoms with E-state index < -0.39 is 0 Å². The molecular formula is C8H15O2. The lowest BCUT2D eigenvalue weighted by molar-refractivity contribution is 0.192. The molecule has 10 heavy (non-hydrogen) atoms. The lowest BCUT2D eigenvalue weighted by atomic mass is 10.2. The molecule has 2 heteroatoms. The summed E-state index contributed by atoms with van der Waals surface area (Å²) >= 11 is 0. The second-order valence-electron chi connectivity index (χ2n) is 2.30. The molecular weight excluding hydrogens is 128 g/mol. The molecule has 59 valence electrons. The molecule has 0 unspecified atom stereocenters. The van der Waals surface area contributed by atoms with E-state index in [-0.39, 0.29) is 0 Å². The zero-order valence-electron chi connectivity index (χ0n) is 6.56. The van der Waals surface area contributed by atoms with E-state index in [1.807, 2.05) is 6.29 Å². The van der Waals surface area contributed by atoms with Gasteiger partial charge in [0.05, 0.1) is 0 Å². The zero-order valence-corrected chi connectivity index (χ0v) is 6.56. The molecule has 0 fully saturated rings. The Morgan fingerprint density at radius 2 is 1.90 bits per heavy atom. The highest BCUT2D eigenvalue weighted by Crippen LogP contribution is 2.00. The van der Waals surface area contributed by atoms with Crippen molar-refractivity contribution in [2.24, 2.45) is 0 Å². The standard InChI is InChI=1S/C8H15O2/c1-10-8-6-4-2-3-5-7-9/h2-6,8H2,1H3. The van der Waals surface area contributed by atoms with Crippen LogP contribution in [0.5, 0.6) is 0 Å². The van der Waals surface area contributed by atoms with Gasteiger partial charge in [0.1, 0.15) is 0 Å². The number of hydrogen-bond acceptors (Lipinski definition) is 2. The normalized spacial score (nSPS) is 9.70. The molecule has 0 aromatic rings. The molecule has 0 saturated carbocycles. The highest BCUT2D eigenvalue weighted by Gasteiger charge is 1.88. The van der Waals surface area contributed by atoms with Crippen LogP contribution in [-0.4, -0.2) is 20.0 Å². The van der Waals surface area contributed by atoms with Crippen LogP contribution in [0.15, 0.2) is 0 Å². The van der Waals surface area contributed by atoms with Gasteiger partial charge in [0.2, 0.25) is 0 Å². The third kappa shape index (κ3) is 7.63. The van der Waals surface area contributed by atoms with Crippen molar-refractivity contribution in [3.63, 3.8) is 0 Å². The number of carbonyl (C=O) groups excluding carboxylic acids is 1. The van der Waals surface area contributed by atoms with Crippen molar-refractivity contribution in [1.29, 1.82) is 0 Å². The van der Waals surface area contributed by atoms with Gasteiger partial charge in [-0.2, -0.15) is 0 Å². The Labute approximate surface area is 62.6 Å². The second-order valence-corrected chi connectivity index (χ2v) is 2.30. The van der Waals surface area contributed by atoms with E-state index in [1.54, 1.807) is 7.11 Å². The first-order valence-corrected chi connectivity index (χ1v) is 3.75. The molecule has 0 aliphatic heterocycles. The Bertz CT molecular complexity index is 71.7. The number of hydrogen-bond donors (Lipinski definition) is 0. The summed E-state index contributed by atoms with van der Waals surface area (Å²) < 4.78 is 4.87. The summed E-state index contributed by atoms with van der Waals surface area (Å²) in [6, 6.07) is 0. The van der Waals surface area contributed by atoms with Crippen LogP contribution in [0.25, 0.3) is 0 Å². The van der Waals surface area contributed by atoms with Crippen LogP contribution < -0.4 is 0 Å². The molecule has 0 aromatic heterocycles. The first-order chi connectivity index (χ1) is 4.91. The summed E-state index contributed by atoms with van der Waals surface area (Å²) in [6.45, 7) is 0.838. The molecule has 2 nitrogen and oxygen atoms in total. The predicted molar refractivity (Wildman–Crippen MR) is 40.7 cm³/mol. The minimum absolute atomic E-state index is 0.590. The van der Waals surface area contributed by atoms with Crippen LogP contribution in [0.2, 0.25) is 0 Å². The molecule has 0 saturated heterocycles. The Morgan fingerprint density at radius 3 is 2.50 bits per heavy atom. The summed E-state index contributed by atoms with van der Waals surface area (Å²) in [5.74, 6) is 0. The quantitative estimate of drug-likeness (QED) is 0.507. The third-order valence-electron chi connectivity index (χ3n) is 1.38. The Morgan fingerprint density at radius 1 is 1.20 bits per heavy atom. The maximum atomic E-state index is 9.74. The van der Waals surface area contributed by atoms with E-state index in [9.17, 15) is 4.79 Å². The van der Waals surface area contributed by atoms with Gasteiger partial charge in [0.25, 0.3) is 0 Å². The summed E-state index contributed by atoms with van der Waals surface area (Å²) in [6.07, 6.45) is 6.84. The van der Waals surface area contributed by atoms with Crippen molar-refractivity contribution in [1.82, 2.24) is 0 Å². The summed E-state index contributed by atoms with van der Waals surface area (Å²) in [5, 5.41) is 0. The Hall–Kier alpha value is -0.370. The average molecular weight is 143 g/mol. The van der Waals surface area contributed by atoms with Gasteiger partial charge in [-0.25, -0.2) is 0 Å². The molecule has 1 radical (unpaired) electrons. The van der Waals surface area contributed by atoms with Crippen molar-refractivity contribution < 1.29 is 9.53 Å². The number of rotatable bonds is 7. The van der Waals surface area contributed by atoms with Crippen molar-refractivity contribution in [2.45, 2.75) is 32.1 Å². The van der Waals surface area contributed by atoms with Crippen molar-refractivity contribution in [3.8, 4) is 0 Å². The van der Waals surface area contributed by atoms with Crippen LogP contribution in [0, 0.1) is 0 Å². The van der Waals surface area contributed by atoms with E-state index in [1.165, 1.54) is 0 Å². The molecule has 0 aromatic carbocycles. The van der Waals surface area contributed by atoms with E-state index in [4.69, 9.17) is 4.74 Å². The van der Waals surface area contributed by atoms with Gasteiger partial charge in [-0.3, -0.25) is 4.79 Å². The molecule has 0 aliphatic carbocycles. The number of methoxy groups -OCH3 is 1. The monoisotopic (exact) mass is 143 g/mol. The third-order valence-corrected chi connectivity index (χ3v) is 1.38. The van der Waals surface area contributed by atoms with Crippen LogP contribution >= 0.6 is 0 Å². The highest BCUT2D eigenvalue weighted by molar-refractivity contribution is 5.50. The fourth-order valence-corrected chi connectivity index (χ4v) is 0.797. The van der Waals surface area contributed by atoms with Crippen molar-refractivity contribution in [2.75, 3.05) is 13.7 Å². The van der Waals surface area contributed by atoms with Crippen molar-refractivity contribution in [3.05, 3.63) is 0 Å². The van der Waals surface area contributed by atoms with E-state index in [0.29, 0.717) is 6.42 Å². The molecule has 0 aliphatic rings. The van der Waals surface area contributed by atoms with E-state index in [0.717, 1.165) is 32.3 Å². The van der Waals surface area contributed by atoms with Gasteiger partial charge in [-0.15, -0.1) is 0 Å². The molecule has 0 amide bonds. The van der Waals surface area contributed by atoms with Crippen LogP contribution in [-0.2, 0) is 9.53 Å². The van der Waals surface area contributed by atoms with Gasteiger partial charge in [-0.1, -0.05) is 12.8 Å². The second kappa shape index (κ2) is 8.63. The van der Waals surface area contributed by atoms with Crippen molar-refractivity contribution >= 4 is 6.29 Å². The van der Waals surface area contributed by atoms with Crippen LogP contribution in [0.4, 0.5) is 0 Å². The number of ether oxygens (including phenoxy) is 1. The molecule has 0 bridgehead atoms. The van der Waals surface area contributed by atoms with Gasteiger partial charge in [0.15, 0.2) is 6.29 Å². The Balaban J connectivity index is 2.70. The van der Waals surface area contributed by atoms with E-state index >= 15 is 0 Å². The van der Waals surface area contributed by atoms with Gasteiger partial charge in [-0.05, 0) is 12.8 Å². The molecule has 0 atom stereocenters. The van der Waals surface area contributed by atoms with Crippen LogP contribution in [0.1, 0.15) is 32.1 Å². The minimum Gasteiger partial charge on any atom is -0.385 e. The summed E-state index contributed by atoms with van der Waals surface area (Å²) in [5.41, 5.74) is 0. The topological polar surface area (TPSA) is 26.3 Å². The Kier molecular flexibility index (Phi) is 8.31. The number of unbranched alkanes of at least 4 members (excludes halogenated alkanes) is 4. The SMILES string of the molecule is COCCCCCC[C]=O. The lowest BCUT2D eigenvalue weighted by Gasteiger charge is -1.96. The molecule has 0 spiro atoms. The average Bonchev–Trinajstić information content (AvgIpc) is 1.97. The smallest absolute Gasteiger partial charge is 0.198 e. The van der Waals surface area contributed by atoms with Gasteiger partial charge >= 0.3 is 0 Å². The largest absolute Gasteiger partial charge is 0.385 e. The fraction of sp³-hybridized carbons (Fsp3) is 0.875. The first kappa shape index (κ1) is 9.63. The van der Waals surface area contributed by atoms with Gasteiger partial charge < -0.3 is 4.74 Å². The predicted octanol–water partition coefficient (Wildman–Crippen LogP) is 1.69. The first-order valence-electron chi connectivity index (χ1n) is 3.75. The maximum Gasteiger partial charge on any atom is 0.198 e. The maximum absolute atomic E-state index is 9.74. The highest BCUT2D eigenvalue weighted by atomic mass is 16.5. The minimum atomic E-state index is 0.590. The lowest BCUT2D eigenvalue weighted by Crippen LogP contribution is -1.88. The fourth-order valence-electron chi connectivity index (χ4n) is 0.797. The molecule has 0 rings (SSSR count). The van der Waals surface area contributed by atoms with Crippen LogP contribution in [0.3, 0.4) is 0 Å². The summed E-state index contributed by atoms with van der Waals surface area (Å²) in [4.78, 5) is 9.74. The molecule has 0 N–H and O–H groups in total. The molecule has 0 heterocycles. The van der Waals surface area contributed by atoms with Gasteiger partial charge in [0, 0.05) is 20.1 Å². The summed E-state index contributed by atoms with van der Waals surface area (Å²) in [7, 11) is 1.71. The van der Waals surface area contributed by atoms with E-state index in [2.05, 4.69) is 0 Å². The zero-order chi connectivity index (χ0) is 7.66.